The predicted octanol–water partition coefficient (Wildman–Crippen LogP) is 2.77. The van der Waals surface area contributed by atoms with Crippen molar-refractivity contribution in [1.82, 2.24) is 9.97 Å². The lowest BCUT2D eigenvalue weighted by Gasteiger charge is -2.21. The second-order valence-corrected chi connectivity index (χ2v) is 5.55. The molecule has 0 spiro atoms. The molecule has 0 amide bonds. The number of halogens is 1. The van der Waals surface area contributed by atoms with Gasteiger partial charge in [0.25, 0.3) is 0 Å². The molecule has 16 heavy (non-hydrogen) atoms. The molecule has 5 heteroatoms. The fraction of sp³-hybridized carbons (Fsp3) is 0.636. The van der Waals surface area contributed by atoms with Crippen LogP contribution in [-0.2, 0) is 16.2 Å². The van der Waals surface area contributed by atoms with Crippen LogP contribution in [0.5, 0.6) is 0 Å². The third-order valence-corrected chi connectivity index (χ3v) is 4.35. The second-order valence-electron chi connectivity index (χ2n) is 4.20. The lowest BCUT2D eigenvalue weighted by molar-refractivity contribution is 0.0780. The van der Waals surface area contributed by atoms with Gasteiger partial charge in [-0.2, -0.15) is 11.8 Å². The summed E-state index contributed by atoms with van der Waals surface area (Å²) in [5.41, 5.74) is 2.26. The molecule has 0 radical (unpaired) electrons. The highest BCUT2D eigenvalue weighted by atomic mass is 35.5. The van der Waals surface area contributed by atoms with Crippen LogP contribution in [0.25, 0.3) is 0 Å². The molecule has 2 aliphatic rings. The first-order valence-corrected chi connectivity index (χ1v) is 7.08. The maximum Gasteiger partial charge on any atom is 0.137 e. The minimum absolute atomic E-state index is 0.335. The molecule has 0 aliphatic carbocycles. The molecule has 3 nitrogen and oxygen atoms in total. The standard InChI is InChI=1S/C11H13ClN2OS/c12-10-8-5-16-6-9(8)13-11(14-10)7-2-1-3-15-4-7/h7H,1-6H2. The average molecular weight is 257 g/mol. The zero-order valence-electron chi connectivity index (χ0n) is 8.91. The minimum Gasteiger partial charge on any atom is -0.381 e. The lowest BCUT2D eigenvalue weighted by atomic mass is 10.0. The number of nitrogens with zero attached hydrogens (tertiary/aromatic N) is 2. The number of hydrogen-bond donors (Lipinski definition) is 0. The maximum atomic E-state index is 6.19. The lowest BCUT2D eigenvalue weighted by Crippen LogP contribution is -2.18. The molecule has 3 heterocycles. The number of ether oxygens (including phenoxy) is 1. The molecule has 1 saturated heterocycles. The van der Waals surface area contributed by atoms with Crippen molar-refractivity contribution < 1.29 is 4.74 Å². The average Bonchev–Trinajstić information content (AvgIpc) is 2.79. The van der Waals surface area contributed by atoms with E-state index in [0.29, 0.717) is 11.1 Å². The number of rotatable bonds is 1. The molecular formula is C11H13ClN2OS. The maximum absolute atomic E-state index is 6.19. The van der Waals surface area contributed by atoms with Crippen molar-refractivity contribution in [3.63, 3.8) is 0 Å². The van der Waals surface area contributed by atoms with Crippen LogP contribution < -0.4 is 0 Å². The van der Waals surface area contributed by atoms with Crippen LogP contribution >= 0.6 is 23.4 Å². The Morgan fingerprint density at radius 2 is 2.25 bits per heavy atom. The van der Waals surface area contributed by atoms with Crippen LogP contribution in [0.1, 0.15) is 35.8 Å². The van der Waals surface area contributed by atoms with Gasteiger partial charge in [0.1, 0.15) is 11.0 Å². The van der Waals surface area contributed by atoms with E-state index in [9.17, 15) is 0 Å². The molecule has 3 rings (SSSR count). The van der Waals surface area contributed by atoms with Gasteiger partial charge in [0, 0.05) is 29.6 Å². The van der Waals surface area contributed by atoms with Crippen molar-refractivity contribution >= 4 is 23.4 Å². The summed E-state index contributed by atoms with van der Waals surface area (Å²) in [6.45, 7) is 1.60. The second kappa shape index (κ2) is 4.51. The van der Waals surface area contributed by atoms with Gasteiger partial charge in [-0.1, -0.05) is 11.6 Å². The third-order valence-electron chi connectivity index (χ3n) is 3.07. The van der Waals surface area contributed by atoms with Crippen LogP contribution in [0, 0.1) is 0 Å². The van der Waals surface area contributed by atoms with Crippen molar-refractivity contribution in [2.45, 2.75) is 30.3 Å². The summed E-state index contributed by atoms with van der Waals surface area (Å²) < 4.78 is 5.47. The zero-order valence-corrected chi connectivity index (χ0v) is 10.5. The largest absolute Gasteiger partial charge is 0.381 e. The first kappa shape index (κ1) is 10.8. The fourth-order valence-electron chi connectivity index (χ4n) is 2.16. The van der Waals surface area contributed by atoms with Gasteiger partial charge in [0.05, 0.1) is 12.3 Å². The summed E-state index contributed by atoms with van der Waals surface area (Å²) >= 11 is 8.04. The van der Waals surface area contributed by atoms with E-state index < -0.39 is 0 Å². The number of aromatic nitrogens is 2. The van der Waals surface area contributed by atoms with Gasteiger partial charge < -0.3 is 4.74 Å². The van der Waals surface area contributed by atoms with E-state index in [-0.39, 0.29) is 0 Å². The number of hydrogen-bond acceptors (Lipinski definition) is 4. The van der Waals surface area contributed by atoms with E-state index in [1.807, 2.05) is 11.8 Å². The molecule has 1 fully saturated rings. The normalized spacial score (nSPS) is 24.4. The quantitative estimate of drug-likeness (QED) is 0.724. The van der Waals surface area contributed by atoms with E-state index in [4.69, 9.17) is 16.3 Å². The van der Waals surface area contributed by atoms with Gasteiger partial charge in [-0.25, -0.2) is 9.97 Å². The van der Waals surface area contributed by atoms with E-state index in [1.165, 1.54) is 0 Å². The minimum atomic E-state index is 0.335. The molecule has 0 bridgehead atoms. The van der Waals surface area contributed by atoms with E-state index in [0.717, 1.165) is 54.6 Å². The van der Waals surface area contributed by atoms with Gasteiger partial charge in [-0.15, -0.1) is 0 Å². The molecule has 0 N–H and O–H groups in total. The third kappa shape index (κ3) is 1.94. The Bertz CT molecular complexity index is 407. The molecular weight excluding hydrogens is 244 g/mol. The molecule has 2 aliphatic heterocycles. The summed E-state index contributed by atoms with van der Waals surface area (Å²) in [4.78, 5) is 9.07. The predicted molar refractivity (Wildman–Crippen MR) is 64.8 cm³/mol. The monoisotopic (exact) mass is 256 g/mol. The van der Waals surface area contributed by atoms with Crippen molar-refractivity contribution in [3.05, 3.63) is 22.2 Å². The first-order chi connectivity index (χ1) is 7.84. The molecule has 1 atom stereocenters. The van der Waals surface area contributed by atoms with Crippen LogP contribution in [-0.4, -0.2) is 23.2 Å². The Labute approximate surface area is 104 Å². The van der Waals surface area contributed by atoms with Crippen molar-refractivity contribution in [2.24, 2.45) is 0 Å². The molecule has 0 aromatic carbocycles. The summed E-state index contributed by atoms with van der Waals surface area (Å²) in [6, 6.07) is 0. The molecule has 1 aromatic rings. The van der Waals surface area contributed by atoms with Crippen LogP contribution in [0.2, 0.25) is 5.15 Å². The summed E-state index contributed by atoms with van der Waals surface area (Å²) in [7, 11) is 0. The molecule has 0 saturated carbocycles. The summed E-state index contributed by atoms with van der Waals surface area (Å²) in [6.07, 6.45) is 2.21. The van der Waals surface area contributed by atoms with Crippen LogP contribution in [0.4, 0.5) is 0 Å². The Morgan fingerprint density at radius 3 is 3.06 bits per heavy atom. The number of fused-ring (bicyclic) bond motifs is 1. The van der Waals surface area contributed by atoms with E-state index in [1.54, 1.807) is 0 Å². The zero-order chi connectivity index (χ0) is 11.0. The molecule has 1 unspecified atom stereocenters. The van der Waals surface area contributed by atoms with E-state index >= 15 is 0 Å². The Balaban J connectivity index is 1.92. The highest BCUT2D eigenvalue weighted by Crippen LogP contribution is 2.34. The Morgan fingerprint density at radius 1 is 1.31 bits per heavy atom. The Hall–Kier alpha value is -0.320. The Kier molecular flexibility index (Phi) is 3.05. The highest BCUT2D eigenvalue weighted by molar-refractivity contribution is 7.98. The van der Waals surface area contributed by atoms with Gasteiger partial charge in [-0.3, -0.25) is 0 Å². The molecule has 1 aromatic heterocycles. The van der Waals surface area contributed by atoms with Crippen molar-refractivity contribution in [2.75, 3.05) is 13.2 Å². The van der Waals surface area contributed by atoms with Gasteiger partial charge in [-0.05, 0) is 12.8 Å². The highest BCUT2D eigenvalue weighted by Gasteiger charge is 2.24. The van der Waals surface area contributed by atoms with Crippen LogP contribution in [0.3, 0.4) is 0 Å². The van der Waals surface area contributed by atoms with Crippen molar-refractivity contribution in [1.29, 1.82) is 0 Å². The fourth-order valence-corrected chi connectivity index (χ4v) is 3.54. The van der Waals surface area contributed by atoms with Gasteiger partial charge >= 0.3 is 0 Å². The van der Waals surface area contributed by atoms with Crippen LogP contribution in [0.15, 0.2) is 0 Å². The van der Waals surface area contributed by atoms with Crippen molar-refractivity contribution in [3.8, 4) is 0 Å². The number of thioether (sulfide) groups is 1. The smallest absolute Gasteiger partial charge is 0.137 e. The van der Waals surface area contributed by atoms with E-state index in [2.05, 4.69) is 9.97 Å². The van der Waals surface area contributed by atoms with Gasteiger partial charge in [0.2, 0.25) is 0 Å². The first-order valence-electron chi connectivity index (χ1n) is 5.55. The summed E-state index contributed by atoms with van der Waals surface area (Å²) in [5.74, 6) is 3.14. The SMILES string of the molecule is Clc1nc(C2CCCOC2)nc2c1CSC2. The molecule has 86 valence electrons. The topological polar surface area (TPSA) is 35.0 Å². The summed E-state index contributed by atoms with van der Waals surface area (Å²) in [5, 5.41) is 0.649. The van der Waals surface area contributed by atoms with Gasteiger partial charge in [0.15, 0.2) is 0 Å².